The lowest BCUT2D eigenvalue weighted by Gasteiger charge is -2.13. The molecule has 0 aliphatic rings. The average Bonchev–Trinajstić information content (AvgIpc) is 2.70. The predicted octanol–water partition coefficient (Wildman–Crippen LogP) is 2.63. The zero-order valence-electron chi connectivity index (χ0n) is 15.9. The van der Waals surface area contributed by atoms with Crippen LogP contribution in [0.5, 0.6) is 0 Å². The number of aryl methyl sites for hydroxylation is 1. The minimum absolute atomic E-state index is 0.0213. The number of hydrogen-bond donors (Lipinski definition) is 4. The Kier molecular flexibility index (Phi) is 9.04. The van der Waals surface area contributed by atoms with Gasteiger partial charge in [-0.1, -0.05) is 42.5 Å². The van der Waals surface area contributed by atoms with E-state index in [4.69, 9.17) is 17.3 Å². The normalized spacial score (nSPS) is 10.2. The minimum atomic E-state index is -0.899. The summed E-state index contributed by atoms with van der Waals surface area (Å²) in [7, 11) is 0. The van der Waals surface area contributed by atoms with E-state index in [1.807, 2.05) is 30.3 Å². The molecule has 1 amide bonds. The third-order valence-electron chi connectivity index (χ3n) is 4.16. The van der Waals surface area contributed by atoms with Crippen molar-refractivity contribution in [2.24, 2.45) is 0 Å². The van der Waals surface area contributed by atoms with E-state index in [0.29, 0.717) is 36.6 Å². The Balaban J connectivity index is 1.85. The van der Waals surface area contributed by atoms with Gasteiger partial charge in [0.1, 0.15) is 5.82 Å². The van der Waals surface area contributed by atoms with Gasteiger partial charge in [0.15, 0.2) is 5.11 Å². The Hall–Kier alpha value is -3.00. The molecule has 0 saturated carbocycles. The molecule has 0 aliphatic carbocycles. The molecule has 0 unspecified atom stereocenters. The summed E-state index contributed by atoms with van der Waals surface area (Å²) in [6.45, 7) is 1.09. The largest absolute Gasteiger partial charge is 0.481 e. The fourth-order valence-corrected chi connectivity index (χ4v) is 2.93. The first-order valence-electron chi connectivity index (χ1n) is 9.30. The van der Waals surface area contributed by atoms with Gasteiger partial charge in [-0.15, -0.1) is 0 Å². The number of benzene rings is 2. The number of carboxylic acids is 1. The highest BCUT2D eigenvalue weighted by Crippen LogP contribution is 2.16. The maximum atomic E-state index is 14.3. The Morgan fingerprint density at radius 1 is 0.966 bits per heavy atom. The first-order chi connectivity index (χ1) is 14.0. The van der Waals surface area contributed by atoms with E-state index in [-0.39, 0.29) is 18.5 Å². The maximum absolute atomic E-state index is 14.3. The fourth-order valence-electron chi connectivity index (χ4n) is 2.72. The number of carbonyl (C=O) groups is 2. The molecule has 0 heterocycles. The van der Waals surface area contributed by atoms with Crippen molar-refractivity contribution < 1.29 is 19.1 Å². The molecule has 0 spiro atoms. The van der Waals surface area contributed by atoms with Crippen molar-refractivity contribution in [3.05, 3.63) is 71.0 Å². The maximum Gasteiger partial charge on any atom is 0.305 e. The topological polar surface area (TPSA) is 90.5 Å². The molecule has 2 rings (SSSR count). The zero-order chi connectivity index (χ0) is 21.1. The predicted molar refractivity (Wildman–Crippen MR) is 113 cm³/mol. The van der Waals surface area contributed by atoms with Gasteiger partial charge >= 0.3 is 5.97 Å². The number of nitrogens with one attached hydrogen (secondary N) is 3. The Morgan fingerprint density at radius 2 is 1.69 bits per heavy atom. The van der Waals surface area contributed by atoms with Crippen molar-refractivity contribution >= 4 is 29.2 Å². The molecule has 0 aromatic heterocycles. The third-order valence-corrected chi connectivity index (χ3v) is 4.44. The average molecular weight is 418 g/mol. The molecule has 4 N–H and O–H groups in total. The van der Waals surface area contributed by atoms with Crippen LogP contribution in [-0.4, -0.2) is 35.2 Å². The number of rotatable bonds is 10. The number of carbonyl (C=O) groups excluding carboxylic acids is 1. The van der Waals surface area contributed by atoms with E-state index in [1.165, 1.54) is 6.07 Å². The fraction of sp³-hybridized carbons (Fsp3) is 0.286. The van der Waals surface area contributed by atoms with Gasteiger partial charge in [0.05, 0.1) is 12.0 Å². The smallest absolute Gasteiger partial charge is 0.305 e. The van der Waals surface area contributed by atoms with Crippen molar-refractivity contribution in [2.75, 3.05) is 13.1 Å². The summed E-state index contributed by atoms with van der Waals surface area (Å²) in [5.41, 5.74) is 1.62. The van der Waals surface area contributed by atoms with Crippen LogP contribution in [-0.2, 0) is 17.8 Å². The molecule has 29 heavy (non-hydrogen) atoms. The van der Waals surface area contributed by atoms with E-state index < -0.39 is 17.7 Å². The zero-order valence-corrected chi connectivity index (χ0v) is 16.7. The highest BCUT2D eigenvalue weighted by molar-refractivity contribution is 7.80. The molecular weight excluding hydrogens is 393 g/mol. The first kappa shape index (κ1) is 22.3. The van der Waals surface area contributed by atoms with Crippen LogP contribution in [0, 0.1) is 5.82 Å². The summed E-state index contributed by atoms with van der Waals surface area (Å²) in [4.78, 5) is 23.0. The summed E-state index contributed by atoms with van der Waals surface area (Å²) in [6.07, 6.45) is 1.10. The third kappa shape index (κ3) is 7.87. The van der Waals surface area contributed by atoms with E-state index in [0.717, 1.165) is 5.56 Å². The van der Waals surface area contributed by atoms with Crippen molar-refractivity contribution in [3.8, 4) is 0 Å². The van der Waals surface area contributed by atoms with Gasteiger partial charge < -0.3 is 21.1 Å². The summed E-state index contributed by atoms with van der Waals surface area (Å²) < 4.78 is 14.3. The van der Waals surface area contributed by atoms with Gasteiger partial charge in [-0.25, -0.2) is 4.39 Å². The highest BCUT2D eigenvalue weighted by atomic mass is 32.1. The van der Waals surface area contributed by atoms with Crippen molar-refractivity contribution in [1.29, 1.82) is 0 Å². The highest BCUT2D eigenvalue weighted by Gasteiger charge is 2.16. The molecule has 0 radical (unpaired) electrons. The molecule has 2 aromatic carbocycles. The Bertz CT molecular complexity index is 846. The lowest BCUT2D eigenvalue weighted by molar-refractivity contribution is -0.136. The van der Waals surface area contributed by atoms with Crippen molar-refractivity contribution in [3.63, 3.8) is 0 Å². The second-order valence-corrected chi connectivity index (χ2v) is 6.78. The van der Waals surface area contributed by atoms with Gasteiger partial charge in [-0.2, -0.15) is 0 Å². The molecule has 0 fully saturated rings. The number of halogens is 1. The van der Waals surface area contributed by atoms with Crippen LogP contribution in [0.2, 0.25) is 0 Å². The van der Waals surface area contributed by atoms with Gasteiger partial charge in [0.2, 0.25) is 0 Å². The summed E-state index contributed by atoms with van der Waals surface area (Å²) in [5, 5.41) is 17.5. The van der Waals surface area contributed by atoms with Crippen LogP contribution in [0.25, 0.3) is 0 Å². The Morgan fingerprint density at radius 3 is 2.41 bits per heavy atom. The van der Waals surface area contributed by atoms with Crippen LogP contribution in [0.4, 0.5) is 4.39 Å². The quantitative estimate of drug-likeness (QED) is 0.351. The summed E-state index contributed by atoms with van der Waals surface area (Å²) in [5.74, 6) is -1.89. The standard InChI is InChI=1S/C21H24FN3O3S/c22-17-10-4-8-16(9-5-12-23-21(29)24-13-11-18(26)27)19(17)20(28)25-14-15-6-2-1-3-7-15/h1-4,6-8,10H,5,9,11-14H2,(H,25,28)(H,26,27)(H2,23,24,29). The van der Waals surface area contributed by atoms with Crippen molar-refractivity contribution in [1.82, 2.24) is 16.0 Å². The van der Waals surface area contributed by atoms with Gasteiger partial charge in [-0.3, -0.25) is 9.59 Å². The van der Waals surface area contributed by atoms with Crippen LogP contribution in [0.1, 0.15) is 34.3 Å². The number of aliphatic carboxylic acids is 1. The van der Waals surface area contributed by atoms with Gasteiger partial charge in [-0.05, 0) is 42.3 Å². The number of thiocarbonyl (C=S) groups is 1. The first-order valence-corrected chi connectivity index (χ1v) is 9.71. The van der Waals surface area contributed by atoms with Gasteiger partial charge in [0, 0.05) is 19.6 Å². The lowest BCUT2D eigenvalue weighted by atomic mass is 10.0. The molecule has 154 valence electrons. The van der Waals surface area contributed by atoms with Crippen LogP contribution in [0.3, 0.4) is 0 Å². The summed E-state index contributed by atoms with van der Waals surface area (Å²) in [6, 6.07) is 14.0. The lowest BCUT2D eigenvalue weighted by Crippen LogP contribution is -2.37. The number of amides is 1. The van der Waals surface area contributed by atoms with E-state index in [2.05, 4.69) is 16.0 Å². The number of hydrogen-bond acceptors (Lipinski definition) is 3. The number of carboxylic acid groups (broad SMARTS) is 1. The second-order valence-electron chi connectivity index (χ2n) is 6.37. The van der Waals surface area contributed by atoms with Crippen molar-refractivity contribution in [2.45, 2.75) is 25.8 Å². The van der Waals surface area contributed by atoms with Crippen LogP contribution in [0.15, 0.2) is 48.5 Å². The second kappa shape index (κ2) is 11.8. The van der Waals surface area contributed by atoms with Crippen LogP contribution >= 0.6 is 12.2 Å². The molecule has 6 nitrogen and oxygen atoms in total. The van der Waals surface area contributed by atoms with Gasteiger partial charge in [0.25, 0.3) is 5.91 Å². The minimum Gasteiger partial charge on any atom is -0.481 e. The SMILES string of the molecule is O=C(O)CCNC(=S)NCCCc1cccc(F)c1C(=O)NCc1ccccc1. The molecule has 0 bridgehead atoms. The Labute approximate surface area is 174 Å². The molecule has 0 saturated heterocycles. The summed E-state index contributed by atoms with van der Waals surface area (Å²) >= 11 is 5.07. The van der Waals surface area contributed by atoms with E-state index >= 15 is 0 Å². The van der Waals surface area contributed by atoms with Crippen LogP contribution < -0.4 is 16.0 Å². The molecule has 0 aliphatic heterocycles. The van der Waals surface area contributed by atoms with E-state index in [9.17, 15) is 14.0 Å². The molecular formula is C21H24FN3O3S. The monoisotopic (exact) mass is 417 g/mol. The molecule has 8 heteroatoms. The van der Waals surface area contributed by atoms with E-state index in [1.54, 1.807) is 12.1 Å². The molecule has 0 atom stereocenters. The molecule has 2 aromatic rings.